The number of amides is 2. The van der Waals surface area contributed by atoms with Gasteiger partial charge in [0.15, 0.2) is 6.61 Å². The van der Waals surface area contributed by atoms with E-state index in [0.29, 0.717) is 31.5 Å². The van der Waals surface area contributed by atoms with E-state index >= 15 is 0 Å². The highest BCUT2D eigenvalue weighted by atomic mass is 16.5. The van der Waals surface area contributed by atoms with Crippen molar-refractivity contribution < 1.29 is 19.1 Å². The normalized spacial score (nSPS) is 19.9. The Morgan fingerprint density at radius 1 is 1.24 bits per heavy atom. The smallest absolute Gasteiger partial charge is 0.258 e. The number of rotatable bonds is 8. The largest absolute Gasteiger partial charge is 0.484 e. The molecule has 1 aromatic carbocycles. The molecule has 0 radical (unpaired) electrons. The number of ether oxygens (including phenoxy) is 2. The molecule has 25 heavy (non-hydrogen) atoms. The van der Waals surface area contributed by atoms with Crippen molar-refractivity contribution in [2.24, 2.45) is 0 Å². The number of hydrogen-bond donors (Lipinski definition) is 3. The molecule has 7 heteroatoms. The van der Waals surface area contributed by atoms with Gasteiger partial charge < -0.3 is 25.4 Å². The van der Waals surface area contributed by atoms with Gasteiger partial charge in [-0.1, -0.05) is 12.1 Å². The van der Waals surface area contributed by atoms with Crippen LogP contribution in [0.1, 0.15) is 18.4 Å². The molecule has 1 atom stereocenters. The van der Waals surface area contributed by atoms with E-state index in [4.69, 9.17) is 9.47 Å². The van der Waals surface area contributed by atoms with Gasteiger partial charge in [0.05, 0.1) is 6.61 Å². The Labute approximate surface area is 147 Å². The van der Waals surface area contributed by atoms with Crippen LogP contribution in [0.25, 0.3) is 0 Å². The van der Waals surface area contributed by atoms with Gasteiger partial charge in [-0.25, -0.2) is 0 Å². The zero-order valence-corrected chi connectivity index (χ0v) is 14.3. The number of nitrogens with one attached hydrogen (secondary N) is 3. The summed E-state index contributed by atoms with van der Waals surface area (Å²) in [7, 11) is 0. The second-order valence-electron chi connectivity index (χ2n) is 6.38. The summed E-state index contributed by atoms with van der Waals surface area (Å²) in [4.78, 5) is 23.5. The van der Waals surface area contributed by atoms with E-state index in [-0.39, 0.29) is 18.4 Å². The van der Waals surface area contributed by atoms with E-state index in [0.717, 1.165) is 31.4 Å². The molecular weight excluding hydrogens is 322 g/mol. The second-order valence-corrected chi connectivity index (χ2v) is 6.38. The number of morpholine rings is 1. The first-order valence-corrected chi connectivity index (χ1v) is 8.82. The third kappa shape index (κ3) is 6.03. The molecule has 0 spiro atoms. The van der Waals surface area contributed by atoms with Crippen LogP contribution in [-0.4, -0.2) is 56.8 Å². The van der Waals surface area contributed by atoms with E-state index in [1.165, 1.54) is 0 Å². The number of carbonyl (C=O) groups is 2. The van der Waals surface area contributed by atoms with Gasteiger partial charge in [0.2, 0.25) is 5.91 Å². The Balaban J connectivity index is 1.34. The van der Waals surface area contributed by atoms with Crippen molar-refractivity contribution in [2.45, 2.75) is 31.4 Å². The minimum absolute atomic E-state index is 0.0430. The molecule has 0 aromatic heterocycles. The zero-order chi connectivity index (χ0) is 17.5. The quantitative estimate of drug-likeness (QED) is 0.616. The SMILES string of the molecule is O=C(COc1ccc(CCNC(=O)C2CNCCO2)cc1)NC1CC1. The molecule has 1 aliphatic carbocycles. The predicted molar refractivity (Wildman–Crippen MR) is 92.4 cm³/mol. The first-order valence-electron chi connectivity index (χ1n) is 8.82. The van der Waals surface area contributed by atoms with Crippen LogP contribution in [0.3, 0.4) is 0 Å². The van der Waals surface area contributed by atoms with Gasteiger partial charge in [0, 0.05) is 25.7 Å². The summed E-state index contributed by atoms with van der Waals surface area (Å²) < 4.78 is 10.9. The molecule has 1 saturated heterocycles. The highest BCUT2D eigenvalue weighted by Crippen LogP contribution is 2.18. The topological polar surface area (TPSA) is 88.7 Å². The molecule has 0 bridgehead atoms. The van der Waals surface area contributed by atoms with Crippen molar-refractivity contribution in [1.29, 1.82) is 0 Å². The van der Waals surface area contributed by atoms with Crippen molar-refractivity contribution in [3.8, 4) is 5.75 Å². The fourth-order valence-electron chi connectivity index (χ4n) is 2.58. The van der Waals surface area contributed by atoms with Gasteiger partial charge in [-0.15, -0.1) is 0 Å². The third-order valence-electron chi connectivity index (χ3n) is 4.17. The summed E-state index contributed by atoms with van der Waals surface area (Å²) in [6.07, 6.45) is 2.47. The van der Waals surface area contributed by atoms with Gasteiger partial charge in [0.1, 0.15) is 11.9 Å². The van der Waals surface area contributed by atoms with E-state index in [2.05, 4.69) is 16.0 Å². The third-order valence-corrected chi connectivity index (χ3v) is 4.17. The predicted octanol–water partition coefficient (Wildman–Crippen LogP) is -0.00890. The van der Waals surface area contributed by atoms with E-state index < -0.39 is 6.10 Å². The van der Waals surface area contributed by atoms with Gasteiger partial charge in [-0.2, -0.15) is 0 Å². The molecule has 7 nitrogen and oxygen atoms in total. The molecule has 2 aliphatic rings. The maximum atomic E-state index is 11.9. The molecule has 136 valence electrons. The first kappa shape index (κ1) is 17.7. The Morgan fingerprint density at radius 3 is 2.72 bits per heavy atom. The highest BCUT2D eigenvalue weighted by molar-refractivity contribution is 5.81. The van der Waals surface area contributed by atoms with Crippen LogP contribution in [0.5, 0.6) is 5.75 Å². The molecule has 1 heterocycles. The monoisotopic (exact) mass is 347 g/mol. The average Bonchev–Trinajstić information content (AvgIpc) is 3.45. The Hall–Kier alpha value is -2.12. The summed E-state index contributed by atoms with van der Waals surface area (Å²) in [5.74, 6) is 0.517. The van der Waals surface area contributed by atoms with Gasteiger partial charge in [0.25, 0.3) is 5.91 Å². The minimum Gasteiger partial charge on any atom is -0.484 e. The molecule has 1 unspecified atom stereocenters. The lowest BCUT2D eigenvalue weighted by molar-refractivity contribution is -0.134. The molecule has 2 amide bonds. The van der Waals surface area contributed by atoms with Crippen LogP contribution in [0.2, 0.25) is 0 Å². The molecular formula is C18H25N3O4. The first-order chi connectivity index (χ1) is 12.2. The summed E-state index contributed by atoms with van der Waals surface area (Å²) in [5, 5.41) is 8.91. The Bertz CT molecular complexity index is 580. The van der Waals surface area contributed by atoms with Crippen LogP contribution in [0.15, 0.2) is 24.3 Å². The van der Waals surface area contributed by atoms with Gasteiger partial charge >= 0.3 is 0 Å². The zero-order valence-electron chi connectivity index (χ0n) is 14.3. The van der Waals surface area contributed by atoms with Crippen molar-refractivity contribution in [3.63, 3.8) is 0 Å². The molecule has 3 N–H and O–H groups in total. The lowest BCUT2D eigenvalue weighted by Gasteiger charge is -2.22. The van der Waals surface area contributed by atoms with Crippen LogP contribution in [0, 0.1) is 0 Å². The van der Waals surface area contributed by atoms with Crippen molar-refractivity contribution in [3.05, 3.63) is 29.8 Å². The Morgan fingerprint density at radius 2 is 2.04 bits per heavy atom. The van der Waals surface area contributed by atoms with Crippen LogP contribution in [-0.2, 0) is 20.7 Å². The van der Waals surface area contributed by atoms with Gasteiger partial charge in [-0.3, -0.25) is 9.59 Å². The molecule has 1 saturated carbocycles. The summed E-state index contributed by atoms with van der Waals surface area (Å²) in [5.41, 5.74) is 1.10. The second kappa shape index (κ2) is 8.82. The van der Waals surface area contributed by atoms with Crippen molar-refractivity contribution in [1.82, 2.24) is 16.0 Å². The lowest BCUT2D eigenvalue weighted by Crippen LogP contribution is -2.48. The van der Waals surface area contributed by atoms with Crippen molar-refractivity contribution in [2.75, 3.05) is 32.8 Å². The van der Waals surface area contributed by atoms with Crippen LogP contribution >= 0.6 is 0 Å². The summed E-state index contributed by atoms with van der Waals surface area (Å²) in [6.45, 7) is 2.52. The summed E-state index contributed by atoms with van der Waals surface area (Å²) in [6, 6.07) is 7.92. The average molecular weight is 347 g/mol. The molecule has 1 aromatic rings. The van der Waals surface area contributed by atoms with E-state index in [1.54, 1.807) is 0 Å². The maximum Gasteiger partial charge on any atom is 0.258 e. The van der Waals surface area contributed by atoms with Crippen molar-refractivity contribution >= 4 is 11.8 Å². The maximum absolute atomic E-state index is 11.9. The van der Waals surface area contributed by atoms with E-state index in [9.17, 15) is 9.59 Å². The van der Waals surface area contributed by atoms with Crippen LogP contribution < -0.4 is 20.7 Å². The number of carbonyl (C=O) groups excluding carboxylic acids is 2. The van der Waals surface area contributed by atoms with Gasteiger partial charge in [-0.05, 0) is 37.0 Å². The van der Waals surface area contributed by atoms with Crippen LogP contribution in [0.4, 0.5) is 0 Å². The Kier molecular flexibility index (Phi) is 6.25. The minimum atomic E-state index is -0.397. The lowest BCUT2D eigenvalue weighted by atomic mass is 10.1. The van der Waals surface area contributed by atoms with E-state index in [1.807, 2.05) is 24.3 Å². The fourth-order valence-corrected chi connectivity index (χ4v) is 2.58. The molecule has 2 fully saturated rings. The standard InChI is InChI=1S/C18H25N3O4/c22-17(21-14-3-4-14)12-25-15-5-1-13(2-6-15)7-8-20-18(23)16-11-19-9-10-24-16/h1-2,5-6,14,16,19H,3-4,7-12H2,(H,20,23)(H,21,22). The fraction of sp³-hybridized carbons (Fsp3) is 0.556. The molecule has 3 rings (SSSR count). The number of hydrogen-bond acceptors (Lipinski definition) is 5. The highest BCUT2D eigenvalue weighted by Gasteiger charge is 2.23. The summed E-state index contributed by atoms with van der Waals surface area (Å²) >= 11 is 0. The number of benzene rings is 1. The molecule has 1 aliphatic heterocycles.